The summed E-state index contributed by atoms with van der Waals surface area (Å²) in [6.07, 6.45) is -4.92. The van der Waals surface area contributed by atoms with Gasteiger partial charge in [-0.1, -0.05) is 0 Å². The smallest absolute Gasteiger partial charge is 0.419 e. The van der Waals surface area contributed by atoms with Crippen molar-refractivity contribution >= 4 is 22.9 Å². The van der Waals surface area contributed by atoms with Crippen molar-refractivity contribution < 1.29 is 27.1 Å². The lowest BCUT2D eigenvalue weighted by atomic mass is 10.3. The van der Waals surface area contributed by atoms with E-state index in [1.54, 1.807) is 0 Å². The normalized spacial score (nSPS) is 11.4. The molecule has 1 amide bonds. The third kappa shape index (κ3) is 4.60. The van der Waals surface area contributed by atoms with Gasteiger partial charge in [-0.15, -0.1) is 34.7 Å². The molecule has 136 valence electrons. The van der Waals surface area contributed by atoms with E-state index in [4.69, 9.17) is 4.42 Å². The number of halogens is 3. The fourth-order valence-corrected chi connectivity index (χ4v) is 2.94. The summed E-state index contributed by atoms with van der Waals surface area (Å²) in [6.45, 7) is 1.91. The number of rotatable bonds is 5. The number of ether oxygens (including phenoxy) is 1. The third-order valence-corrected chi connectivity index (χ3v) is 4.21. The van der Waals surface area contributed by atoms with E-state index in [2.05, 4.69) is 20.3 Å². The van der Waals surface area contributed by atoms with Gasteiger partial charge in [-0.05, 0) is 48.2 Å². The van der Waals surface area contributed by atoms with E-state index in [1.165, 1.54) is 23.5 Å². The van der Waals surface area contributed by atoms with Crippen LogP contribution in [-0.4, -0.2) is 22.5 Å². The van der Waals surface area contributed by atoms with Gasteiger partial charge < -0.3 is 14.5 Å². The zero-order chi connectivity index (χ0) is 18.7. The van der Waals surface area contributed by atoms with E-state index in [-0.39, 0.29) is 18.1 Å². The number of hydrogen-bond donors (Lipinski definition) is 1. The van der Waals surface area contributed by atoms with Crippen molar-refractivity contribution in [3.05, 3.63) is 47.2 Å². The van der Waals surface area contributed by atoms with Crippen molar-refractivity contribution in [1.82, 2.24) is 10.2 Å². The Labute approximate surface area is 149 Å². The van der Waals surface area contributed by atoms with Crippen LogP contribution < -0.4 is 10.1 Å². The maximum absolute atomic E-state index is 12.1. The molecule has 0 saturated heterocycles. The van der Waals surface area contributed by atoms with E-state index in [0.717, 1.165) is 22.6 Å². The number of thiophene rings is 1. The first-order valence-electron chi connectivity index (χ1n) is 7.33. The highest BCUT2D eigenvalue weighted by atomic mass is 32.1. The fourth-order valence-electron chi connectivity index (χ4n) is 2.09. The van der Waals surface area contributed by atoms with Crippen LogP contribution in [0, 0.1) is 6.92 Å². The van der Waals surface area contributed by atoms with Gasteiger partial charge in [0.25, 0.3) is 5.89 Å². The van der Waals surface area contributed by atoms with E-state index in [9.17, 15) is 18.0 Å². The molecular weight excluding hydrogens is 371 g/mol. The van der Waals surface area contributed by atoms with Crippen LogP contribution in [0.4, 0.5) is 18.9 Å². The van der Waals surface area contributed by atoms with Crippen LogP contribution in [0.3, 0.4) is 0 Å². The van der Waals surface area contributed by atoms with Crippen molar-refractivity contribution in [2.45, 2.75) is 19.7 Å². The van der Waals surface area contributed by atoms with Gasteiger partial charge in [0.2, 0.25) is 11.8 Å². The number of carbonyl (C=O) groups excluding carboxylic acids is 1. The molecule has 0 spiro atoms. The summed E-state index contributed by atoms with van der Waals surface area (Å²) in [5.74, 6) is -0.327. The lowest BCUT2D eigenvalue weighted by molar-refractivity contribution is -0.274. The second-order valence-corrected chi connectivity index (χ2v) is 6.15. The number of carbonyl (C=O) groups is 1. The number of hydrogen-bond acceptors (Lipinski definition) is 6. The highest BCUT2D eigenvalue weighted by molar-refractivity contribution is 7.13. The first kappa shape index (κ1) is 17.9. The van der Waals surface area contributed by atoms with Gasteiger partial charge in [0.15, 0.2) is 0 Å². The fraction of sp³-hybridized carbons (Fsp3) is 0.188. The minimum Gasteiger partial charge on any atom is -0.419 e. The minimum absolute atomic E-state index is 0.141. The number of aromatic nitrogens is 2. The molecule has 3 rings (SSSR count). The topological polar surface area (TPSA) is 77.2 Å². The Morgan fingerprint density at radius 3 is 2.58 bits per heavy atom. The van der Waals surface area contributed by atoms with E-state index in [1.807, 2.05) is 18.4 Å². The summed E-state index contributed by atoms with van der Waals surface area (Å²) in [5, 5.41) is 12.2. The number of alkyl halides is 3. The van der Waals surface area contributed by atoms with Crippen molar-refractivity contribution in [2.75, 3.05) is 5.32 Å². The summed E-state index contributed by atoms with van der Waals surface area (Å²) < 4.78 is 45.6. The minimum atomic E-state index is -4.76. The van der Waals surface area contributed by atoms with Gasteiger partial charge in [-0.2, -0.15) is 0 Å². The molecule has 0 fully saturated rings. The van der Waals surface area contributed by atoms with Gasteiger partial charge in [0, 0.05) is 5.69 Å². The largest absolute Gasteiger partial charge is 0.573 e. The molecule has 0 aliphatic carbocycles. The Kier molecular flexibility index (Phi) is 4.94. The van der Waals surface area contributed by atoms with Crippen LogP contribution in [0.5, 0.6) is 5.75 Å². The zero-order valence-corrected chi connectivity index (χ0v) is 14.1. The first-order valence-corrected chi connectivity index (χ1v) is 8.20. The molecule has 0 radical (unpaired) electrons. The number of benzene rings is 1. The van der Waals surface area contributed by atoms with E-state index < -0.39 is 12.3 Å². The van der Waals surface area contributed by atoms with Gasteiger partial charge in [-0.3, -0.25) is 4.79 Å². The van der Waals surface area contributed by atoms with Crippen LogP contribution in [0.1, 0.15) is 11.5 Å². The number of amides is 1. The number of anilines is 1. The van der Waals surface area contributed by atoms with Crippen molar-refractivity contribution in [3.63, 3.8) is 0 Å². The van der Waals surface area contributed by atoms with Gasteiger partial charge >= 0.3 is 6.36 Å². The quantitative estimate of drug-likeness (QED) is 0.715. The van der Waals surface area contributed by atoms with Gasteiger partial charge in [0.05, 0.1) is 4.88 Å². The second-order valence-electron chi connectivity index (χ2n) is 5.23. The molecule has 26 heavy (non-hydrogen) atoms. The molecule has 0 atom stereocenters. The van der Waals surface area contributed by atoms with Crippen LogP contribution in [0.2, 0.25) is 0 Å². The lowest BCUT2D eigenvalue weighted by Crippen LogP contribution is -2.17. The van der Waals surface area contributed by atoms with Crippen LogP contribution >= 0.6 is 11.3 Å². The Balaban J connectivity index is 1.59. The predicted octanol–water partition coefficient (Wildman–Crippen LogP) is 4.19. The van der Waals surface area contributed by atoms with Gasteiger partial charge in [-0.25, -0.2) is 0 Å². The Bertz CT molecular complexity index is 903. The van der Waals surface area contributed by atoms with Crippen molar-refractivity contribution in [3.8, 4) is 16.5 Å². The summed E-state index contributed by atoms with van der Waals surface area (Å²) in [5.41, 5.74) is 1.31. The standard InChI is InChI=1S/C16H12F3N3O3S/c1-9-6-7-26-14(9)15-22-21-13(24-15)8-12(23)20-10-2-4-11(5-3-10)25-16(17,18)19/h2-7H,8H2,1H3,(H,20,23). The van der Waals surface area contributed by atoms with E-state index in [0.29, 0.717) is 11.6 Å². The number of aryl methyl sites for hydroxylation is 1. The summed E-state index contributed by atoms with van der Waals surface area (Å²) in [4.78, 5) is 12.8. The molecule has 3 aromatic rings. The van der Waals surface area contributed by atoms with Crippen LogP contribution in [-0.2, 0) is 11.2 Å². The number of nitrogens with zero attached hydrogens (tertiary/aromatic N) is 2. The van der Waals surface area contributed by atoms with E-state index >= 15 is 0 Å². The molecule has 2 aromatic heterocycles. The molecular formula is C16H12F3N3O3S. The summed E-state index contributed by atoms with van der Waals surface area (Å²) in [6, 6.07) is 6.73. The molecule has 0 aliphatic rings. The molecule has 1 aromatic carbocycles. The molecule has 10 heteroatoms. The molecule has 1 N–H and O–H groups in total. The van der Waals surface area contributed by atoms with Crippen LogP contribution in [0.15, 0.2) is 40.1 Å². The molecule has 0 unspecified atom stereocenters. The maximum atomic E-state index is 12.1. The molecule has 0 saturated carbocycles. The SMILES string of the molecule is Cc1ccsc1-c1nnc(CC(=O)Nc2ccc(OC(F)(F)F)cc2)o1. The Morgan fingerprint density at radius 2 is 1.96 bits per heavy atom. The Hall–Kier alpha value is -2.88. The molecule has 0 bridgehead atoms. The molecule has 2 heterocycles. The highest BCUT2D eigenvalue weighted by Crippen LogP contribution is 2.28. The lowest BCUT2D eigenvalue weighted by Gasteiger charge is -2.09. The monoisotopic (exact) mass is 383 g/mol. The van der Waals surface area contributed by atoms with Crippen molar-refractivity contribution in [2.24, 2.45) is 0 Å². The summed E-state index contributed by atoms with van der Waals surface area (Å²) >= 11 is 1.45. The molecule has 0 aliphatic heterocycles. The van der Waals surface area contributed by atoms with Gasteiger partial charge in [0.1, 0.15) is 12.2 Å². The summed E-state index contributed by atoms with van der Waals surface area (Å²) in [7, 11) is 0. The Morgan fingerprint density at radius 1 is 1.23 bits per heavy atom. The zero-order valence-electron chi connectivity index (χ0n) is 13.3. The maximum Gasteiger partial charge on any atom is 0.573 e. The number of nitrogens with one attached hydrogen (secondary N) is 1. The van der Waals surface area contributed by atoms with Crippen molar-refractivity contribution in [1.29, 1.82) is 0 Å². The average molecular weight is 383 g/mol. The third-order valence-electron chi connectivity index (χ3n) is 3.21. The first-order chi connectivity index (χ1) is 12.3. The average Bonchev–Trinajstić information content (AvgIpc) is 3.16. The second kappa shape index (κ2) is 7.16. The van der Waals surface area contributed by atoms with Crippen LogP contribution in [0.25, 0.3) is 10.8 Å². The predicted molar refractivity (Wildman–Crippen MR) is 87.8 cm³/mol. The highest BCUT2D eigenvalue weighted by Gasteiger charge is 2.31. The molecule has 6 nitrogen and oxygen atoms in total.